The Morgan fingerprint density at radius 1 is 1.62 bits per heavy atom. The van der Waals surface area contributed by atoms with E-state index in [9.17, 15) is 4.79 Å². The zero-order valence-corrected chi connectivity index (χ0v) is 10.5. The van der Waals surface area contributed by atoms with E-state index in [1.54, 1.807) is 25.3 Å². The van der Waals surface area contributed by atoms with E-state index in [0.717, 1.165) is 10.9 Å². The first-order valence-corrected chi connectivity index (χ1v) is 5.81. The van der Waals surface area contributed by atoms with Crippen molar-refractivity contribution < 1.29 is 9.53 Å². The van der Waals surface area contributed by atoms with E-state index in [-0.39, 0.29) is 18.0 Å². The van der Waals surface area contributed by atoms with Crippen LogP contribution in [0.15, 0.2) is 22.7 Å². The van der Waals surface area contributed by atoms with Crippen LogP contribution in [-0.2, 0) is 0 Å². The topological polar surface area (TPSA) is 64.3 Å². The van der Waals surface area contributed by atoms with Crippen molar-refractivity contribution in [3.63, 3.8) is 0 Å². The molecule has 0 bridgehead atoms. The van der Waals surface area contributed by atoms with E-state index in [4.69, 9.17) is 10.5 Å². The molecule has 1 aliphatic carbocycles. The molecule has 0 spiro atoms. The maximum absolute atomic E-state index is 11.8. The lowest BCUT2D eigenvalue weighted by Gasteiger charge is -2.07. The Bertz CT molecular complexity index is 422. The molecule has 2 unspecified atom stereocenters. The number of nitrogens with two attached hydrogens (primary N) is 1. The molecule has 1 amide bonds. The lowest BCUT2D eigenvalue weighted by molar-refractivity contribution is 0.0950. The van der Waals surface area contributed by atoms with Crippen molar-refractivity contribution in [3.05, 3.63) is 28.2 Å². The van der Waals surface area contributed by atoms with Gasteiger partial charge in [0, 0.05) is 17.6 Å². The average Bonchev–Trinajstić information content (AvgIpc) is 2.94. The molecular formula is C11H13BrN2O2. The van der Waals surface area contributed by atoms with Gasteiger partial charge in [-0.3, -0.25) is 4.79 Å². The molecule has 1 aromatic rings. The van der Waals surface area contributed by atoms with Crippen molar-refractivity contribution in [2.24, 2.45) is 5.73 Å². The van der Waals surface area contributed by atoms with Crippen LogP contribution in [0.1, 0.15) is 16.8 Å². The number of carbonyl (C=O) groups excluding carboxylic acids is 1. The van der Waals surface area contributed by atoms with Crippen molar-refractivity contribution in [1.29, 1.82) is 0 Å². The molecule has 0 aliphatic heterocycles. The fourth-order valence-electron chi connectivity index (χ4n) is 1.44. The van der Waals surface area contributed by atoms with Crippen LogP contribution in [0.25, 0.3) is 0 Å². The van der Waals surface area contributed by atoms with Gasteiger partial charge >= 0.3 is 0 Å². The summed E-state index contributed by atoms with van der Waals surface area (Å²) in [6.07, 6.45) is 0.864. The van der Waals surface area contributed by atoms with Crippen molar-refractivity contribution in [1.82, 2.24) is 5.32 Å². The highest BCUT2D eigenvalue weighted by atomic mass is 79.9. The summed E-state index contributed by atoms with van der Waals surface area (Å²) in [5.41, 5.74) is 6.23. The van der Waals surface area contributed by atoms with Crippen molar-refractivity contribution in [2.75, 3.05) is 7.11 Å². The standard InChI is InChI=1S/C11H13BrN2O2/c1-16-10-3-2-6(4-7(10)12)11(15)14-9-5-8(9)13/h2-4,8-9H,5,13H2,1H3,(H,14,15). The summed E-state index contributed by atoms with van der Waals surface area (Å²) in [6, 6.07) is 5.47. The number of rotatable bonds is 3. The Morgan fingerprint density at radius 2 is 2.31 bits per heavy atom. The van der Waals surface area contributed by atoms with Gasteiger partial charge < -0.3 is 15.8 Å². The predicted molar refractivity (Wildman–Crippen MR) is 64.5 cm³/mol. The fourth-order valence-corrected chi connectivity index (χ4v) is 1.98. The van der Waals surface area contributed by atoms with Gasteiger partial charge in [-0.25, -0.2) is 0 Å². The summed E-state index contributed by atoms with van der Waals surface area (Å²) in [5, 5.41) is 2.86. The Hall–Kier alpha value is -1.07. The normalized spacial score (nSPS) is 22.7. The molecule has 0 radical (unpaired) electrons. The number of amides is 1. The Kier molecular flexibility index (Phi) is 3.16. The molecule has 2 rings (SSSR count). The van der Waals surface area contributed by atoms with Crippen LogP contribution in [0.2, 0.25) is 0 Å². The molecule has 0 aromatic heterocycles. The highest BCUT2D eigenvalue weighted by molar-refractivity contribution is 9.10. The van der Waals surface area contributed by atoms with E-state index >= 15 is 0 Å². The molecule has 1 fully saturated rings. The first-order valence-electron chi connectivity index (χ1n) is 5.02. The molecule has 4 nitrogen and oxygen atoms in total. The van der Waals surface area contributed by atoms with Gasteiger partial charge in [0.05, 0.1) is 11.6 Å². The second-order valence-corrected chi connectivity index (χ2v) is 4.68. The molecule has 0 heterocycles. The van der Waals surface area contributed by atoms with Crippen LogP contribution >= 0.6 is 15.9 Å². The number of hydrogen-bond donors (Lipinski definition) is 2. The average molecular weight is 285 g/mol. The van der Waals surface area contributed by atoms with Gasteiger partial charge in [-0.1, -0.05) is 0 Å². The first kappa shape index (κ1) is 11.4. The molecule has 1 aromatic carbocycles. The van der Waals surface area contributed by atoms with Gasteiger partial charge in [0.1, 0.15) is 5.75 Å². The van der Waals surface area contributed by atoms with Gasteiger partial charge in [-0.05, 0) is 40.5 Å². The zero-order chi connectivity index (χ0) is 11.7. The van der Waals surface area contributed by atoms with E-state index in [1.165, 1.54) is 0 Å². The molecule has 1 saturated carbocycles. The second-order valence-electron chi connectivity index (χ2n) is 3.83. The number of nitrogens with one attached hydrogen (secondary N) is 1. The van der Waals surface area contributed by atoms with Crippen LogP contribution in [0.5, 0.6) is 5.75 Å². The number of benzene rings is 1. The maximum Gasteiger partial charge on any atom is 0.251 e. The van der Waals surface area contributed by atoms with Crippen molar-refractivity contribution >= 4 is 21.8 Å². The molecule has 3 N–H and O–H groups in total. The van der Waals surface area contributed by atoms with Crippen LogP contribution < -0.4 is 15.8 Å². The minimum atomic E-state index is -0.0960. The Morgan fingerprint density at radius 3 is 2.81 bits per heavy atom. The van der Waals surface area contributed by atoms with Gasteiger partial charge in [-0.2, -0.15) is 0 Å². The molecule has 16 heavy (non-hydrogen) atoms. The summed E-state index contributed by atoms with van der Waals surface area (Å²) in [4.78, 5) is 11.8. The number of hydrogen-bond acceptors (Lipinski definition) is 3. The quantitative estimate of drug-likeness (QED) is 0.879. The molecule has 5 heteroatoms. The monoisotopic (exact) mass is 284 g/mol. The van der Waals surface area contributed by atoms with Crippen LogP contribution in [-0.4, -0.2) is 25.1 Å². The summed E-state index contributed by atoms with van der Waals surface area (Å²) in [5.74, 6) is 0.612. The molecule has 86 valence electrons. The number of methoxy groups -OCH3 is 1. The lowest BCUT2D eigenvalue weighted by atomic mass is 10.2. The third kappa shape index (κ3) is 2.36. The summed E-state index contributed by atoms with van der Waals surface area (Å²) < 4.78 is 5.86. The molecular weight excluding hydrogens is 272 g/mol. The maximum atomic E-state index is 11.8. The highest BCUT2D eigenvalue weighted by Crippen LogP contribution is 2.26. The largest absolute Gasteiger partial charge is 0.496 e. The molecule has 0 saturated heterocycles. The van der Waals surface area contributed by atoms with Gasteiger partial charge in [0.25, 0.3) is 5.91 Å². The fraction of sp³-hybridized carbons (Fsp3) is 0.364. The summed E-state index contributed by atoms with van der Waals surface area (Å²) in [7, 11) is 1.59. The van der Waals surface area contributed by atoms with Gasteiger partial charge in [0.2, 0.25) is 0 Å². The van der Waals surface area contributed by atoms with Crippen molar-refractivity contribution in [2.45, 2.75) is 18.5 Å². The molecule has 1 aliphatic rings. The predicted octanol–water partition coefficient (Wildman–Crippen LogP) is 1.29. The Balaban J connectivity index is 2.08. The van der Waals surface area contributed by atoms with E-state index in [1.807, 2.05) is 0 Å². The van der Waals surface area contributed by atoms with Gasteiger partial charge in [0.15, 0.2) is 0 Å². The van der Waals surface area contributed by atoms with E-state index < -0.39 is 0 Å². The minimum absolute atomic E-state index is 0.0960. The SMILES string of the molecule is COc1ccc(C(=O)NC2CC2N)cc1Br. The third-order valence-corrected chi connectivity index (χ3v) is 3.19. The van der Waals surface area contributed by atoms with Gasteiger partial charge in [-0.15, -0.1) is 0 Å². The van der Waals surface area contributed by atoms with Crippen molar-refractivity contribution in [3.8, 4) is 5.75 Å². The van der Waals surface area contributed by atoms with E-state index in [2.05, 4.69) is 21.2 Å². The third-order valence-electron chi connectivity index (χ3n) is 2.57. The summed E-state index contributed by atoms with van der Waals surface area (Å²) in [6.45, 7) is 0. The van der Waals surface area contributed by atoms with Crippen LogP contribution in [0, 0.1) is 0 Å². The number of ether oxygens (including phenoxy) is 1. The highest BCUT2D eigenvalue weighted by Gasteiger charge is 2.34. The van der Waals surface area contributed by atoms with E-state index in [0.29, 0.717) is 11.3 Å². The molecule has 2 atom stereocenters. The van der Waals surface area contributed by atoms with Crippen LogP contribution in [0.4, 0.5) is 0 Å². The smallest absolute Gasteiger partial charge is 0.251 e. The second kappa shape index (κ2) is 4.43. The summed E-state index contributed by atoms with van der Waals surface area (Å²) >= 11 is 3.34. The first-order chi connectivity index (χ1) is 7.61. The number of carbonyl (C=O) groups is 1. The zero-order valence-electron chi connectivity index (χ0n) is 8.87. The lowest BCUT2D eigenvalue weighted by Crippen LogP contribution is -2.29. The minimum Gasteiger partial charge on any atom is -0.496 e. The van der Waals surface area contributed by atoms with Crippen LogP contribution in [0.3, 0.4) is 0 Å². The Labute approximate surface area is 102 Å². The number of halogens is 1.